The molecule has 0 aromatic carbocycles. The molecule has 0 radical (unpaired) electrons. The van der Waals surface area contributed by atoms with Gasteiger partial charge in [0.25, 0.3) is 0 Å². The van der Waals surface area contributed by atoms with Gasteiger partial charge in [0, 0.05) is 13.0 Å². The van der Waals surface area contributed by atoms with Crippen LogP contribution in [0.3, 0.4) is 0 Å². The molecular formula is C6H5BrIN3. The van der Waals surface area contributed by atoms with Gasteiger partial charge in [-0.05, 0) is 22.6 Å². The number of hydrogen-bond donors (Lipinski definition) is 0. The van der Waals surface area contributed by atoms with Gasteiger partial charge >= 0.3 is 0 Å². The summed E-state index contributed by atoms with van der Waals surface area (Å²) in [7, 11) is 0. The maximum atomic E-state index is 4.34. The van der Waals surface area contributed by atoms with E-state index in [0.29, 0.717) is 0 Å². The van der Waals surface area contributed by atoms with Crippen molar-refractivity contribution >= 4 is 44.6 Å². The first-order chi connectivity index (χ1) is 5.27. The number of fused-ring (bicyclic) bond motifs is 1. The van der Waals surface area contributed by atoms with E-state index in [9.17, 15) is 0 Å². The summed E-state index contributed by atoms with van der Waals surface area (Å²) in [6, 6.07) is 0. The van der Waals surface area contributed by atoms with Crippen LogP contribution < -0.4 is 3.93 Å². The number of aromatic nitrogens is 2. The van der Waals surface area contributed by atoms with Crippen LogP contribution in [0, 0.1) is 3.70 Å². The maximum Gasteiger partial charge on any atom is 0.161 e. The predicted molar refractivity (Wildman–Crippen MR) is 54.7 cm³/mol. The Morgan fingerprint density at radius 3 is 3.27 bits per heavy atom. The van der Waals surface area contributed by atoms with Crippen LogP contribution in [0.2, 0.25) is 0 Å². The van der Waals surface area contributed by atoms with Gasteiger partial charge in [-0.2, -0.15) is 0 Å². The summed E-state index contributed by atoms with van der Waals surface area (Å²) in [6.45, 7) is 0.968. The Kier molecular flexibility index (Phi) is 2.00. The molecule has 0 amide bonds. The minimum Gasteiger partial charge on any atom is -0.291 e. The Balaban J connectivity index is 2.52. The zero-order chi connectivity index (χ0) is 7.84. The van der Waals surface area contributed by atoms with E-state index in [4.69, 9.17) is 0 Å². The summed E-state index contributed by atoms with van der Waals surface area (Å²) in [5.41, 5.74) is 1.09. The maximum absolute atomic E-state index is 4.34. The highest BCUT2D eigenvalue weighted by Crippen LogP contribution is 2.26. The quantitative estimate of drug-likeness (QED) is 0.537. The third-order valence-corrected chi connectivity index (χ3v) is 2.78. The number of rotatable bonds is 0. The lowest BCUT2D eigenvalue weighted by molar-refractivity contribution is 1.02. The molecule has 0 aliphatic carbocycles. The lowest BCUT2D eigenvalue weighted by Crippen LogP contribution is -2.05. The summed E-state index contributed by atoms with van der Waals surface area (Å²) < 4.78 is 2.89. The standard InChI is InChI=1S/C6H5BrIN3/c7-11-2-1-4-6(11)10-5(8)3-9-4/h3H,1-2H2. The van der Waals surface area contributed by atoms with E-state index in [1.54, 1.807) is 6.20 Å². The monoisotopic (exact) mass is 325 g/mol. The number of hydrogen-bond acceptors (Lipinski definition) is 3. The summed E-state index contributed by atoms with van der Waals surface area (Å²) in [5, 5.41) is 0. The summed E-state index contributed by atoms with van der Waals surface area (Å²) in [6.07, 6.45) is 2.79. The van der Waals surface area contributed by atoms with E-state index >= 15 is 0 Å². The molecule has 0 saturated carbocycles. The van der Waals surface area contributed by atoms with Crippen LogP contribution in [-0.4, -0.2) is 16.5 Å². The molecule has 2 rings (SSSR count). The molecular weight excluding hydrogens is 321 g/mol. The van der Waals surface area contributed by atoms with E-state index in [1.165, 1.54) is 0 Å². The molecule has 58 valence electrons. The molecule has 0 spiro atoms. The fraction of sp³-hybridized carbons (Fsp3) is 0.333. The highest BCUT2D eigenvalue weighted by Gasteiger charge is 2.19. The van der Waals surface area contributed by atoms with Crippen molar-refractivity contribution in [3.63, 3.8) is 0 Å². The third-order valence-electron chi connectivity index (χ3n) is 1.57. The van der Waals surface area contributed by atoms with Crippen LogP contribution in [0.5, 0.6) is 0 Å². The molecule has 0 saturated heterocycles. The first-order valence-corrected chi connectivity index (χ1v) is 5.01. The van der Waals surface area contributed by atoms with Crippen LogP contribution >= 0.6 is 38.7 Å². The second kappa shape index (κ2) is 2.85. The number of halogens is 2. The molecule has 0 bridgehead atoms. The Bertz CT molecular complexity index is 291. The average Bonchev–Trinajstić information content (AvgIpc) is 2.33. The number of nitrogens with zero attached hydrogens (tertiary/aromatic N) is 3. The summed E-state index contributed by atoms with van der Waals surface area (Å²) >= 11 is 5.56. The Morgan fingerprint density at radius 1 is 1.64 bits per heavy atom. The SMILES string of the molecule is BrN1CCc2ncc(I)nc21. The zero-order valence-corrected chi connectivity index (χ0v) is 9.33. The van der Waals surface area contributed by atoms with Gasteiger partial charge in [-0.25, -0.2) is 4.98 Å². The fourth-order valence-corrected chi connectivity index (χ4v) is 1.89. The first-order valence-electron chi connectivity index (χ1n) is 3.22. The van der Waals surface area contributed by atoms with Crippen molar-refractivity contribution in [2.24, 2.45) is 0 Å². The molecule has 1 aromatic rings. The molecule has 2 heterocycles. The van der Waals surface area contributed by atoms with E-state index in [0.717, 1.165) is 28.2 Å². The van der Waals surface area contributed by atoms with Crippen molar-refractivity contribution in [3.8, 4) is 0 Å². The summed E-state index contributed by atoms with van der Waals surface area (Å²) in [5.74, 6) is 0.969. The second-order valence-electron chi connectivity index (χ2n) is 2.30. The van der Waals surface area contributed by atoms with Gasteiger partial charge in [-0.1, -0.05) is 0 Å². The highest BCUT2D eigenvalue weighted by molar-refractivity contribution is 14.1. The van der Waals surface area contributed by atoms with Crippen molar-refractivity contribution in [1.29, 1.82) is 0 Å². The molecule has 0 fully saturated rings. The molecule has 1 aromatic heterocycles. The normalized spacial score (nSPS) is 15.3. The van der Waals surface area contributed by atoms with Crippen LogP contribution in [0.25, 0.3) is 0 Å². The number of anilines is 1. The van der Waals surface area contributed by atoms with Crippen LogP contribution in [-0.2, 0) is 6.42 Å². The summed E-state index contributed by atoms with van der Waals surface area (Å²) in [4.78, 5) is 8.61. The third kappa shape index (κ3) is 1.35. The van der Waals surface area contributed by atoms with Gasteiger partial charge in [0.2, 0.25) is 0 Å². The van der Waals surface area contributed by atoms with E-state index in [-0.39, 0.29) is 0 Å². The molecule has 0 unspecified atom stereocenters. The molecule has 1 aliphatic heterocycles. The average molecular weight is 326 g/mol. The molecule has 1 aliphatic rings. The zero-order valence-electron chi connectivity index (χ0n) is 5.59. The topological polar surface area (TPSA) is 29.0 Å². The van der Waals surface area contributed by atoms with Crippen LogP contribution in [0.15, 0.2) is 6.20 Å². The van der Waals surface area contributed by atoms with Crippen molar-refractivity contribution < 1.29 is 0 Å². The molecule has 5 heteroatoms. The molecule has 3 nitrogen and oxygen atoms in total. The van der Waals surface area contributed by atoms with Crippen molar-refractivity contribution in [2.75, 3.05) is 10.5 Å². The minimum atomic E-state index is 0.938. The first kappa shape index (κ1) is 7.72. The largest absolute Gasteiger partial charge is 0.291 e. The van der Waals surface area contributed by atoms with Gasteiger partial charge < -0.3 is 0 Å². The lowest BCUT2D eigenvalue weighted by Gasteiger charge is -2.05. The van der Waals surface area contributed by atoms with Gasteiger partial charge in [0.1, 0.15) is 3.70 Å². The smallest absolute Gasteiger partial charge is 0.161 e. The Morgan fingerprint density at radius 2 is 2.45 bits per heavy atom. The van der Waals surface area contributed by atoms with Crippen molar-refractivity contribution in [1.82, 2.24) is 9.97 Å². The van der Waals surface area contributed by atoms with Gasteiger partial charge in [-0.3, -0.25) is 8.91 Å². The predicted octanol–water partition coefficient (Wildman–Crippen LogP) is 1.75. The second-order valence-corrected chi connectivity index (χ2v) is 4.26. The van der Waals surface area contributed by atoms with Crippen LogP contribution in [0.1, 0.15) is 5.69 Å². The Labute approximate surface area is 86.7 Å². The minimum absolute atomic E-state index is 0.938. The fourth-order valence-electron chi connectivity index (χ4n) is 1.06. The van der Waals surface area contributed by atoms with Crippen molar-refractivity contribution in [3.05, 3.63) is 15.6 Å². The van der Waals surface area contributed by atoms with Gasteiger partial charge in [0.15, 0.2) is 5.82 Å². The lowest BCUT2D eigenvalue weighted by atomic mass is 10.4. The van der Waals surface area contributed by atoms with E-state index in [1.807, 2.05) is 3.93 Å². The van der Waals surface area contributed by atoms with E-state index < -0.39 is 0 Å². The highest BCUT2D eigenvalue weighted by atomic mass is 127. The molecule has 0 atom stereocenters. The van der Waals surface area contributed by atoms with E-state index in [2.05, 4.69) is 48.7 Å². The van der Waals surface area contributed by atoms with Crippen LogP contribution in [0.4, 0.5) is 5.82 Å². The molecule has 0 N–H and O–H groups in total. The van der Waals surface area contributed by atoms with Crippen molar-refractivity contribution in [2.45, 2.75) is 6.42 Å². The van der Waals surface area contributed by atoms with Gasteiger partial charge in [0.05, 0.1) is 28.0 Å². The molecule has 11 heavy (non-hydrogen) atoms. The Hall–Kier alpha value is 0.0900. The van der Waals surface area contributed by atoms with Gasteiger partial charge in [-0.15, -0.1) is 0 Å².